The molecule has 0 fully saturated rings. The molecule has 5 heteroatoms. The molecule has 0 amide bonds. The number of hydrogen-bond acceptors (Lipinski definition) is 3. The Morgan fingerprint density at radius 2 is 2.19 bits per heavy atom. The number of nitrogens with zero attached hydrogens (tertiary/aromatic N) is 3. The van der Waals surface area contributed by atoms with E-state index >= 15 is 0 Å². The van der Waals surface area contributed by atoms with E-state index in [0.717, 1.165) is 36.2 Å². The summed E-state index contributed by atoms with van der Waals surface area (Å²) >= 11 is 0. The molecule has 1 aromatic rings. The van der Waals surface area contributed by atoms with Crippen molar-refractivity contribution >= 4 is 11.7 Å². The van der Waals surface area contributed by atoms with Crippen LogP contribution in [0.4, 0.5) is 0 Å². The summed E-state index contributed by atoms with van der Waals surface area (Å²) in [6, 6.07) is 1.98. The maximum absolute atomic E-state index is 5.27. The molecule has 0 aromatic carbocycles. The predicted molar refractivity (Wildman–Crippen MR) is 64.3 cm³/mol. The van der Waals surface area contributed by atoms with Crippen LogP contribution in [0.3, 0.4) is 0 Å². The van der Waals surface area contributed by atoms with Crippen LogP contribution in [0, 0.1) is 6.92 Å². The van der Waals surface area contributed by atoms with Crippen molar-refractivity contribution in [2.45, 2.75) is 26.2 Å². The molecular weight excluding hydrogens is 202 g/mol. The van der Waals surface area contributed by atoms with Gasteiger partial charge in [-0.1, -0.05) is 0 Å². The summed E-state index contributed by atoms with van der Waals surface area (Å²) in [6.07, 6.45) is 4.77. The molecule has 84 valence electrons. The number of rotatable bonds is 1. The number of nitrogens with two attached hydrogens (primary N) is 2. The number of aryl methyl sites for hydroxylation is 2. The van der Waals surface area contributed by atoms with Gasteiger partial charge in [-0.15, -0.1) is 5.10 Å². The first-order valence-electron chi connectivity index (χ1n) is 5.29. The van der Waals surface area contributed by atoms with Gasteiger partial charge in [0.25, 0.3) is 0 Å². The molecular formula is C11H15N5. The Bertz CT molecular complexity index is 457. The van der Waals surface area contributed by atoms with Crippen LogP contribution in [0.25, 0.3) is 0 Å². The van der Waals surface area contributed by atoms with E-state index in [9.17, 15) is 0 Å². The van der Waals surface area contributed by atoms with Crippen LogP contribution in [0.2, 0.25) is 0 Å². The normalized spacial score (nSPS) is 16.9. The van der Waals surface area contributed by atoms with Crippen molar-refractivity contribution in [2.75, 3.05) is 0 Å². The average Bonchev–Trinajstić information content (AvgIpc) is 2.26. The zero-order chi connectivity index (χ0) is 11.5. The smallest absolute Gasteiger partial charge is 0.211 e. The molecule has 0 atom stereocenters. The summed E-state index contributed by atoms with van der Waals surface area (Å²) in [6.45, 7) is 2.05. The maximum Gasteiger partial charge on any atom is 0.211 e. The van der Waals surface area contributed by atoms with E-state index < -0.39 is 0 Å². The Morgan fingerprint density at radius 3 is 2.94 bits per heavy atom. The van der Waals surface area contributed by atoms with Crippen LogP contribution in [0.1, 0.15) is 29.7 Å². The van der Waals surface area contributed by atoms with Crippen LogP contribution in [0.15, 0.2) is 22.5 Å². The van der Waals surface area contributed by atoms with Gasteiger partial charge in [0.1, 0.15) is 0 Å². The van der Waals surface area contributed by atoms with Gasteiger partial charge in [0.2, 0.25) is 5.96 Å². The third-order valence-corrected chi connectivity index (χ3v) is 2.64. The predicted octanol–water partition coefficient (Wildman–Crippen LogP) is 0.704. The first-order valence-corrected chi connectivity index (χ1v) is 5.29. The first kappa shape index (κ1) is 10.6. The molecule has 0 aliphatic heterocycles. The highest BCUT2D eigenvalue weighted by atomic mass is 15.3. The van der Waals surface area contributed by atoms with E-state index in [0.29, 0.717) is 0 Å². The molecule has 0 unspecified atom stereocenters. The number of hydrogen-bond donors (Lipinski definition) is 2. The average molecular weight is 217 g/mol. The fourth-order valence-electron chi connectivity index (χ4n) is 1.96. The van der Waals surface area contributed by atoms with Crippen molar-refractivity contribution in [3.05, 3.63) is 29.1 Å². The molecule has 16 heavy (non-hydrogen) atoms. The van der Waals surface area contributed by atoms with Crippen molar-refractivity contribution in [3.63, 3.8) is 0 Å². The van der Waals surface area contributed by atoms with Gasteiger partial charge in [-0.25, -0.2) is 0 Å². The Balaban J connectivity index is 2.47. The number of fused-ring (bicyclic) bond motifs is 1. The molecule has 0 radical (unpaired) electrons. The minimum atomic E-state index is -0.0128. The van der Waals surface area contributed by atoms with Crippen LogP contribution >= 0.6 is 0 Å². The van der Waals surface area contributed by atoms with Gasteiger partial charge in [-0.3, -0.25) is 4.98 Å². The molecule has 1 aromatic heterocycles. The fraction of sp³-hybridized carbons (Fsp3) is 0.364. The summed E-state index contributed by atoms with van der Waals surface area (Å²) in [7, 11) is 0. The first-order chi connectivity index (χ1) is 7.68. The van der Waals surface area contributed by atoms with Gasteiger partial charge >= 0.3 is 0 Å². The van der Waals surface area contributed by atoms with Gasteiger partial charge in [-0.2, -0.15) is 5.10 Å². The molecule has 2 rings (SSSR count). The standard InChI is InChI=1S/C11H15N5/c1-7-5-6-14-8-3-2-4-9(10(7)8)15-16-11(12)13/h5-6H,2-4H2,1H3,(H4,12,13,16)/b15-9-. The van der Waals surface area contributed by atoms with Gasteiger partial charge in [0.15, 0.2) is 0 Å². The van der Waals surface area contributed by atoms with Crippen molar-refractivity contribution in [3.8, 4) is 0 Å². The van der Waals surface area contributed by atoms with E-state index in [1.165, 1.54) is 5.56 Å². The summed E-state index contributed by atoms with van der Waals surface area (Å²) < 4.78 is 0. The number of aromatic nitrogens is 1. The van der Waals surface area contributed by atoms with E-state index in [-0.39, 0.29) is 5.96 Å². The molecule has 4 N–H and O–H groups in total. The minimum absolute atomic E-state index is 0.0128. The third kappa shape index (κ3) is 2.03. The van der Waals surface area contributed by atoms with Gasteiger partial charge in [-0.05, 0) is 37.8 Å². The number of pyridine rings is 1. The molecule has 5 nitrogen and oxygen atoms in total. The maximum atomic E-state index is 5.27. The van der Waals surface area contributed by atoms with E-state index in [1.54, 1.807) is 0 Å². The Morgan fingerprint density at radius 1 is 1.38 bits per heavy atom. The Labute approximate surface area is 94.3 Å². The lowest BCUT2D eigenvalue weighted by molar-refractivity contribution is 0.802. The topological polar surface area (TPSA) is 89.6 Å². The number of guanidine groups is 1. The van der Waals surface area contributed by atoms with Crippen LogP contribution < -0.4 is 11.5 Å². The van der Waals surface area contributed by atoms with Gasteiger partial charge < -0.3 is 11.5 Å². The summed E-state index contributed by atoms with van der Waals surface area (Å²) in [5.41, 5.74) is 14.9. The van der Waals surface area contributed by atoms with E-state index in [2.05, 4.69) is 22.1 Å². The minimum Gasteiger partial charge on any atom is -0.369 e. The molecule has 0 spiro atoms. The summed E-state index contributed by atoms with van der Waals surface area (Å²) in [4.78, 5) is 4.37. The Hall–Kier alpha value is -1.91. The zero-order valence-electron chi connectivity index (χ0n) is 9.27. The second-order valence-electron chi connectivity index (χ2n) is 3.87. The lowest BCUT2D eigenvalue weighted by atomic mass is 9.91. The molecule has 1 aliphatic rings. The van der Waals surface area contributed by atoms with Gasteiger partial charge in [0, 0.05) is 17.5 Å². The quantitative estimate of drug-likeness (QED) is 0.412. The van der Waals surface area contributed by atoms with Crippen molar-refractivity contribution in [2.24, 2.45) is 21.7 Å². The highest BCUT2D eigenvalue weighted by molar-refractivity contribution is 6.03. The monoisotopic (exact) mass is 217 g/mol. The second-order valence-corrected chi connectivity index (χ2v) is 3.87. The third-order valence-electron chi connectivity index (χ3n) is 2.64. The summed E-state index contributed by atoms with van der Waals surface area (Å²) in [5, 5.41) is 7.82. The lowest BCUT2D eigenvalue weighted by Gasteiger charge is -2.17. The highest BCUT2D eigenvalue weighted by Crippen LogP contribution is 2.22. The lowest BCUT2D eigenvalue weighted by Crippen LogP contribution is -2.22. The fourth-order valence-corrected chi connectivity index (χ4v) is 1.96. The zero-order valence-corrected chi connectivity index (χ0v) is 9.27. The van der Waals surface area contributed by atoms with E-state index in [4.69, 9.17) is 11.5 Å². The second kappa shape index (κ2) is 4.30. The van der Waals surface area contributed by atoms with E-state index in [1.807, 2.05) is 12.3 Å². The molecule has 0 bridgehead atoms. The molecule has 0 saturated carbocycles. The van der Waals surface area contributed by atoms with Crippen molar-refractivity contribution in [1.29, 1.82) is 0 Å². The van der Waals surface area contributed by atoms with Crippen LogP contribution in [0.5, 0.6) is 0 Å². The Kier molecular flexibility index (Phi) is 2.85. The molecule has 1 heterocycles. The highest BCUT2D eigenvalue weighted by Gasteiger charge is 2.18. The van der Waals surface area contributed by atoms with Crippen LogP contribution in [-0.4, -0.2) is 16.7 Å². The van der Waals surface area contributed by atoms with Crippen LogP contribution in [-0.2, 0) is 6.42 Å². The van der Waals surface area contributed by atoms with Crippen molar-refractivity contribution in [1.82, 2.24) is 4.98 Å². The molecule has 0 saturated heterocycles. The van der Waals surface area contributed by atoms with Gasteiger partial charge in [0.05, 0.1) is 5.71 Å². The SMILES string of the molecule is Cc1ccnc2c1/C(=N\N=C(N)N)CCC2. The van der Waals surface area contributed by atoms with Crippen molar-refractivity contribution < 1.29 is 0 Å². The largest absolute Gasteiger partial charge is 0.369 e. The summed E-state index contributed by atoms with van der Waals surface area (Å²) in [5.74, 6) is -0.0128. The molecule has 1 aliphatic carbocycles.